The molecule has 1 saturated heterocycles. The third-order valence-corrected chi connectivity index (χ3v) is 8.01. The topological polar surface area (TPSA) is 125 Å². The molecule has 6 rings (SSSR count). The van der Waals surface area contributed by atoms with Crippen LogP contribution in [0.1, 0.15) is 37.1 Å². The van der Waals surface area contributed by atoms with E-state index in [1.807, 2.05) is 36.7 Å². The van der Waals surface area contributed by atoms with Crippen molar-refractivity contribution in [2.75, 3.05) is 23.7 Å². The van der Waals surface area contributed by atoms with Gasteiger partial charge >= 0.3 is 6.09 Å². The molecular weight excluding hydrogens is 550 g/mol. The molecule has 10 nitrogen and oxygen atoms in total. The van der Waals surface area contributed by atoms with Crippen LogP contribution in [0.2, 0.25) is 0 Å². The highest BCUT2D eigenvalue weighted by Gasteiger charge is 2.24. The lowest BCUT2D eigenvalue weighted by Gasteiger charge is -2.31. The minimum Gasteiger partial charge on any atom is -0.465 e. The number of carboxylic acid groups (broad SMARTS) is 1. The first-order valence-electron chi connectivity index (χ1n) is 13.8. The molecule has 2 aromatic carbocycles. The average Bonchev–Trinajstić information content (AvgIpc) is 3.55. The van der Waals surface area contributed by atoms with E-state index in [0.717, 1.165) is 51.9 Å². The van der Waals surface area contributed by atoms with Gasteiger partial charge in [-0.05, 0) is 56.5 Å². The molecule has 1 amide bonds. The normalized spacial score (nSPS) is 15.8. The summed E-state index contributed by atoms with van der Waals surface area (Å²) in [4.78, 5) is 31.0. The second kappa shape index (κ2) is 12.0. The van der Waals surface area contributed by atoms with Crippen LogP contribution >= 0.6 is 11.3 Å². The second-order valence-electron chi connectivity index (χ2n) is 10.3. The monoisotopic (exact) mass is 581 g/mol. The van der Waals surface area contributed by atoms with Crippen LogP contribution < -0.4 is 15.4 Å². The molecule has 11 heteroatoms. The van der Waals surface area contributed by atoms with E-state index >= 15 is 0 Å². The van der Waals surface area contributed by atoms with Gasteiger partial charge in [0.05, 0.1) is 28.5 Å². The van der Waals surface area contributed by atoms with Crippen molar-refractivity contribution in [3.8, 4) is 22.9 Å². The van der Waals surface area contributed by atoms with Crippen LogP contribution in [0.15, 0.2) is 71.8 Å². The van der Waals surface area contributed by atoms with Crippen LogP contribution in [0, 0.1) is 6.92 Å². The molecule has 1 aliphatic rings. The number of aryl methyl sites for hydroxylation is 1. The zero-order chi connectivity index (χ0) is 29.1. The number of amides is 1. The molecule has 3 N–H and O–H groups in total. The van der Waals surface area contributed by atoms with Crippen LogP contribution in [0.5, 0.6) is 11.6 Å². The zero-order valence-corrected chi connectivity index (χ0v) is 24.1. The number of fused-ring (bicyclic) bond motifs is 1. The minimum absolute atomic E-state index is 0.0521. The van der Waals surface area contributed by atoms with Crippen molar-refractivity contribution in [1.29, 1.82) is 0 Å². The zero-order valence-electron chi connectivity index (χ0n) is 23.3. The Hall–Kier alpha value is -4.77. The van der Waals surface area contributed by atoms with Gasteiger partial charge in [-0.25, -0.2) is 24.7 Å². The highest BCUT2D eigenvalue weighted by atomic mass is 32.1. The average molecular weight is 582 g/mol. The number of rotatable bonds is 8. The predicted octanol–water partition coefficient (Wildman–Crippen LogP) is 6.98. The number of ether oxygens (including phenoxy) is 1. The summed E-state index contributed by atoms with van der Waals surface area (Å²) in [7, 11) is 0. The van der Waals surface area contributed by atoms with E-state index in [4.69, 9.17) is 9.72 Å². The Bertz CT molecular complexity index is 1710. The van der Waals surface area contributed by atoms with Gasteiger partial charge in [-0.15, -0.1) is 11.3 Å². The van der Waals surface area contributed by atoms with Crippen molar-refractivity contribution in [2.45, 2.75) is 38.8 Å². The molecule has 214 valence electrons. The van der Waals surface area contributed by atoms with E-state index in [-0.39, 0.29) is 12.1 Å². The van der Waals surface area contributed by atoms with Gasteiger partial charge in [0.15, 0.2) is 0 Å². The quantitative estimate of drug-likeness (QED) is 0.178. The van der Waals surface area contributed by atoms with Crippen LogP contribution in [0.4, 0.5) is 16.4 Å². The summed E-state index contributed by atoms with van der Waals surface area (Å²) in [5.41, 5.74) is 6.19. The summed E-state index contributed by atoms with van der Waals surface area (Å²) in [5.74, 6) is 1.59. The van der Waals surface area contributed by atoms with Gasteiger partial charge in [-0.2, -0.15) is 0 Å². The molecule has 1 fully saturated rings. The number of likely N-dealkylation sites (tertiary alicyclic amines) is 1. The van der Waals surface area contributed by atoms with Crippen LogP contribution in [-0.2, 0) is 0 Å². The Kier molecular flexibility index (Phi) is 7.83. The number of nitrogens with zero attached hydrogens (tertiary/aromatic N) is 5. The highest BCUT2D eigenvalue weighted by Crippen LogP contribution is 2.39. The fourth-order valence-corrected chi connectivity index (χ4v) is 5.88. The Labute approximate surface area is 247 Å². The molecule has 4 heterocycles. The molecule has 42 heavy (non-hydrogen) atoms. The maximum atomic E-state index is 11.4. The fourth-order valence-electron chi connectivity index (χ4n) is 5.24. The molecule has 0 spiro atoms. The summed E-state index contributed by atoms with van der Waals surface area (Å²) < 4.78 is 6.57. The molecule has 0 bridgehead atoms. The number of anilines is 2. The molecular formula is C31H31N7O3S. The number of nitrogens with one attached hydrogen (secondary N) is 2. The van der Waals surface area contributed by atoms with Crippen molar-refractivity contribution < 1.29 is 14.6 Å². The molecule has 0 radical (unpaired) electrons. The number of pyridine rings is 1. The van der Waals surface area contributed by atoms with Crippen molar-refractivity contribution in [3.05, 3.63) is 83.1 Å². The van der Waals surface area contributed by atoms with Gasteiger partial charge < -0.3 is 25.4 Å². The molecule has 3 aromatic heterocycles. The third-order valence-electron chi connectivity index (χ3n) is 7.40. The van der Waals surface area contributed by atoms with E-state index in [1.54, 1.807) is 23.7 Å². The molecule has 0 aliphatic carbocycles. The summed E-state index contributed by atoms with van der Waals surface area (Å²) in [6, 6.07) is 15.9. The Balaban J connectivity index is 1.29. The largest absolute Gasteiger partial charge is 0.465 e. The van der Waals surface area contributed by atoms with Crippen molar-refractivity contribution >= 4 is 39.8 Å². The van der Waals surface area contributed by atoms with Crippen LogP contribution in [-0.4, -0.2) is 55.2 Å². The van der Waals surface area contributed by atoms with Crippen LogP contribution in [0.25, 0.3) is 22.0 Å². The number of hydrogen-bond donors (Lipinski definition) is 3. The second-order valence-corrected chi connectivity index (χ2v) is 11.0. The molecule has 2 unspecified atom stereocenters. The van der Waals surface area contributed by atoms with E-state index in [0.29, 0.717) is 30.6 Å². The summed E-state index contributed by atoms with van der Waals surface area (Å²) in [5, 5.41) is 20.3. The smallest absolute Gasteiger partial charge is 0.407 e. The van der Waals surface area contributed by atoms with Gasteiger partial charge in [-0.3, -0.25) is 0 Å². The standard InChI is InChI=1S/C31H31N7O3S/c1-19-10-11-22-23(7-3-9-25(22)35-20(2)27-17-42-18-34-27)28(19)41-29-24(8-4-13-32-29)26-12-14-33-30(37-26)36-21-6-5-15-38(16-21)31(39)40/h3-4,7-14,17-18,20-21,35H,5-6,15-16H2,1-2H3,(H,39,40)(H,33,36,37). The highest BCUT2D eigenvalue weighted by molar-refractivity contribution is 7.07. The molecule has 2 atom stereocenters. The third kappa shape index (κ3) is 5.82. The number of aromatic nitrogens is 4. The lowest BCUT2D eigenvalue weighted by Crippen LogP contribution is -2.44. The van der Waals surface area contributed by atoms with Crippen molar-refractivity contribution in [1.82, 2.24) is 24.8 Å². The van der Waals surface area contributed by atoms with Gasteiger partial charge in [0.2, 0.25) is 11.8 Å². The van der Waals surface area contributed by atoms with Crippen molar-refractivity contribution in [2.24, 2.45) is 0 Å². The first-order valence-corrected chi connectivity index (χ1v) is 14.8. The van der Waals surface area contributed by atoms with Crippen molar-refractivity contribution in [3.63, 3.8) is 0 Å². The number of piperidine rings is 1. The van der Waals surface area contributed by atoms with Gasteiger partial charge in [0.1, 0.15) is 5.75 Å². The number of carbonyl (C=O) groups is 1. The number of hydrogen-bond acceptors (Lipinski definition) is 9. The van der Waals surface area contributed by atoms with Gasteiger partial charge in [0, 0.05) is 53.4 Å². The van der Waals surface area contributed by atoms with Crippen LogP contribution in [0.3, 0.4) is 0 Å². The van der Waals surface area contributed by atoms with E-state index < -0.39 is 6.09 Å². The SMILES string of the molecule is Cc1ccc2c(NC(C)c3cscn3)cccc2c1Oc1ncccc1-c1ccnc(NC2CCCN(C(=O)O)C2)n1. The van der Waals surface area contributed by atoms with E-state index in [2.05, 4.69) is 62.2 Å². The summed E-state index contributed by atoms with van der Waals surface area (Å²) in [6.07, 6.45) is 4.11. The lowest BCUT2D eigenvalue weighted by atomic mass is 10.0. The Morgan fingerprint density at radius 1 is 1.10 bits per heavy atom. The maximum absolute atomic E-state index is 11.4. The predicted molar refractivity (Wildman–Crippen MR) is 164 cm³/mol. The maximum Gasteiger partial charge on any atom is 0.407 e. The van der Waals surface area contributed by atoms with Gasteiger partial charge in [0.25, 0.3) is 0 Å². The molecule has 5 aromatic rings. The van der Waals surface area contributed by atoms with Gasteiger partial charge in [-0.1, -0.05) is 24.3 Å². The lowest BCUT2D eigenvalue weighted by molar-refractivity contribution is 0.132. The van der Waals surface area contributed by atoms with E-state index in [9.17, 15) is 9.90 Å². The first kappa shape index (κ1) is 27.4. The summed E-state index contributed by atoms with van der Waals surface area (Å²) >= 11 is 1.58. The Morgan fingerprint density at radius 3 is 2.83 bits per heavy atom. The fraction of sp³-hybridized carbons (Fsp3) is 0.258. The molecule has 1 aliphatic heterocycles. The minimum atomic E-state index is -0.908. The molecule has 0 saturated carbocycles. The number of benzene rings is 2. The first-order chi connectivity index (χ1) is 20.5. The van der Waals surface area contributed by atoms with E-state index in [1.165, 1.54) is 4.90 Å². The number of thiazole rings is 1. The Morgan fingerprint density at radius 2 is 2.00 bits per heavy atom. The summed E-state index contributed by atoms with van der Waals surface area (Å²) in [6.45, 7) is 5.05.